The smallest absolute Gasteiger partial charge is 0.116 e. The number of aromatic nitrogens is 2. The molecular weight excluding hydrogens is 266 g/mol. The lowest BCUT2D eigenvalue weighted by Gasteiger charge is -2.21. The minimum atomic E-state index is 0.112. The van der Waals surface area contributed by atoms with Gasteiger partial charge in [-0.1, -0.05) is 29.5 Å². The van der Waals surface area contributed by atoms with Gasteiger partial charge in [0.25, 0.3) is 0 Å². The van der Waals surface area contributed by atoms with Crippen LogP contribution in [0.1, 0.15) is 31.9 Å². The molecule has 0 amide bonds. The van der Waals surface area contributed by atoms with Crippen LogP contribution in [0, 0.1) is 6.92 Å². The van der Waals surface area contributed by atoms with Gasteiger partial charge in [-0.05, 0) is 45.4 Å². The molecule has 0 saturated heterocycles. The minimum Gasteiger partial charge on any atom is -0.308 e. The highest BCUT2D eigenvalue weighted by atomic mass is 32.2. The zero-order valence-electron chi connectivity index (χ0n) is 12.5. The first kappa shape index (κ1) is 15.0. The van der Waals surface area contributed by atoms with Crippen molar-refractivity contribution in [3.05, 3.63) is 47.9 Å². The van der Waals surface area contributed by atoms with Crippen LogP contribution in [-0.2, 0) is 6.54 Å². The quantitative estimate of drug-likeness (QED) is 0.867. The largest absolute Gasteiger partial charge is 0.308 e. The number of hydrogen-bond acceptors (Lipinski definition) is 4. The summed E-state index contributed by atoms with van der Waals surface area (Å²) in [5, 5.41) is 4.52. The molecule has 0 aliphatic heterocycles. The van der Waals surface area contributed by atoms with Crippen molar-refractivity contribution in [2.24, 2.45) is 0 Å². The van der Waals surface area contributed by atoms with E-state index in [2.05, 4.69) is 61.2 Å². The molecule has 0 spiro atoms. The normalized spacial score (nSPS) is 11.6. The van der Waals surface area contributed by atoms with Gasteiger partial charge >= 0.3 is 0 Å². The van der Waals surface area contributed by atoms with E-state index < -0.39 is 0 Å². The van der Waals surface area contributed by atoms with Crippen LogP contribution in [0.5, 0.6) is 0 Å². The van der Waals surface area contributed by atoms with Crippen LogP contribution in [-0.4, -0.2) is 15.5 Å². The highest BCUT2D eigenvalue weighted by Gasteiger charge is 2.11. The number of nitrogens with one attached hydrogen (secondary N) is 1. The predicted molar refractivity (Wildman–Crippen MR) is 83.9 cm³/mol. The molecule has 0 fully saturated rings. The van der Waals surface area contributed by atoms with Crippen molar-refractivity contribution in [3.63, 3.8) is 0 Å². The molecule has 0 bridgehead atoms. The van der Waals surface area contributed by atoms with Crippen LogP contribution >= 0.6 is 11.8 Å². The Morgan fingerprint density at radius 3 is 2.65 bits per heavy atom. The maximum atomic E-state index is 4.28. The van der Waals surface area contributed by atoms with Crippen molar-refractivity contribution >= 4 is 11.8 Å². The molecule has 1 aromatic carbocycles. The Kier molecular flexibility index (Phi) is 4.78. The second-order valence-electron chi connectivity index (χ2n) is 5.86. The molecule has 2 aromatic rings. The first-order chi connectivity index (χ1) is 9.44. The predicted octanol–water partition coefficient (Wildman–Crippen LogP) is 3.82. The lowest BCUT2D eigenvalue weighted by molar-refractivity contribution is 0.422. The molecule has 0 atom stereocenters. The standard InChI is InChI=1S/C16H21N3S/c1-12-5-6-14(20-15-7-8-17-11-18-15)13(9-12)10-19-16(2,3)4/h5-9,11,19H,10H2,1-4H3. The lowest BCUT2D eigenvalue weighted by atomic mass is 10.1. The third-order valence-electron chi connectivity index (χ3n) is 2.79. The SMILES string of the molecule is Cc1ccc(Sc2ccncn2)c(CNC(C)(C)C)c1. The summed E-state index contributed by atoms with van der Waals surface area (Å²) in [4.78, 5) is 9.47. The van der Waals surface area contributed by atoms with Crippen LogP contribution in [0.15, 0.2) is 46.7 Å². The van der Waals surface area contributed by atoms with Gasteiger partial charge in [0.15, 0.2) is 0 Å². The van der Waals surface area contributed by atoms with Crippen LogP contribution in [0.3, 0.4) is 0 Å². The fraction of sp³-hybridized carbons (Fsp3) is 0.375. The molecule has 0 aliphatic carbocycles. The Morgan fingerprint density at radius 2 is 2.00 bits per heavy atom. The van der Waals surface area contributed by atoms with E-state index in [-0.39, 0.29) is 5.54 Å². The fourth-order valence-corrected chi connectivity index (χ4v) is 2.61. The summed E-state index contributed by atoms with van der Waals surface area (Å²) in [5.74, 6) is 0. The van der Waals surface area contributed by atoms with Gasteiger partial charge in [0, 0.05) is 23.2 Å². The molecule has 20 heavy (non-hydrogen) atoms. The molecule has 0 unspecified atom stereocenters. The Labute approximate surface area is 125 Å². The van der Waals surface area contributed by atoms with Crippen molar-refractivity contribution < 1.29 is 0 Å². The Morgan fingerprint density at radius 1 is 1.20 bits per heavy atom. The second-order valence-corrected chi connectivity index (χ2v) is 6.93. The molecule has 1 aromatic heterocycles. The lowest BCUT2D eigenvalue weighted by Crippen LogP contribution is -2.35. The van der Waals surface area contributed by atoms with E-state index in [1.54, 1.807) is 24.3 Å². The highest BCUT2D eigenvalue weighted by Crippen LogP contribution is 2.29. The Bertz CT molecular complexity index is 562. The van der Waals surface area contributed by atoms with E-state index in [1.165, 1.54) is 16.0 Å². The van der Waals surface area contributed by atoms with Crippen molar-refractivity contribution in [2.45, 2.75) is 49.7 Å². The van der Waals surface area contributed by atoms with E-state index in [9.17, 15) is 0 Å². The first-order valence-corrected chi connectivity index (χ1v) is 7.54. The average molecular weight is 287 g/mol. The van der Waals surface area contributed by atoms with Gasteiger partial charge in [-0.3, -0.25) is 0 Å². The zero-order chi connectivity index (χ0) is 14.6. The highest BCUT2D eigenvalue weighted by molar-refractivity contribution is 7.99. The molecule has 0 aliphatic rings. The van der Waals surface area contributed by atoms with Crippen molar-refractivity contribution in [1.29, 1.82) is 0 Å². The van der Waals surface area contributed by atoms with Crippen molar-refractivity contribution in [1.82, 2.24) is 15.3 Å². The van der Waals surface area contributed by atoms with E-state index in [1.807, 2.05) is 6.07 Å². The maximum Gasteiger partial charge on any atom is 0.116 e. The molecule has 0 saturated carbocycles. The molecule has 4 heteroatoms. The molecule has 1 N–H and O–H groups in total. The van der Waals surface area contributed by atoms with E-state index in [0.29, 0.717) is 0 Å². The van der Waals surface area contributed by atoms with Crippen LogP contribution in [0.25, 0.3) is 0 Å². The third kappa shape index (κ3) is 4.62. The van der Waals surface area contributed by atoms with Gasteiger partial charge in [-0.2, -0.15) is 0 Å². The Hall–Kier alpha value is -1.39. The summed E-state index contributed by atoms with van der Waals surface area (Å²) < 4.78 is 0. The number of benzene rings is 1. The number of nitrogens with zero attached hydrogens (tertiary/aromatic N) is 2. The van der Waals surface area contributed by atoms with Gasteiger partial charge in [0.2, 0.25) is 0 Å². The molecule has 0 radical (unpaired) electrons. The fourth-order valence-electron chi connectivity index (χ4n) is 1.76. The van der Waals surface area contributed by atoms with Crippen molar-refractivity contribution in [2.75, 3.05) is 0 Å². The van der Waals surface area contributed by atoms with Gasteiger partial charge in [-0.25, -0.2) is 9.97 Å². The maximum absolute atomic E-state index is 4.28. The molecule has 3 nitrogen and oxygen atoms in total. The summed E-state index contributed by atoms with van der Waals surface area (Å²) >= 11 is 1.68. The van der Waals surface area contributed by atoms with E-state index in [0.717, 1.165) is 11.6 Å². The van der Waals surface area contributed by atoms with Crippen LogP contribution in [0.4, 0.5) is 0 Å². The number of aryl methyl sites for hydroxylation is 1. The molecule has 2 rings (SSSR count). The van der Waals surface area contributed by atoms with E-state index in [4.69, 9.17) is 0 Å². The number of rotatable bonds is 4. The summed E-state index contributed by atoms with van der Waals surface area (Å²) in [6, 6.07) is 8.49. The molecule has 106 valence electrons. The Balaban J connectivity index is 2.19. The average Bonchev–Trinajstić information content (AvgIpc) is 2.39. The second kappa shape index (κ2) is 6.37. The van der Waals surface area contributed by atoms with Crippen LogP contribution < -0.4 is 5.32 Å². The zero-order valence-corrected chi connectivity index (χ0v) is 13.3. The summed E-state index contributed by atoms with van der Waals surface area (Å²) in [7, 11) is 0. The van der Waals surface area contributed by atoms with Gasteiger partial charge < -0.3 is 5.32 Å². The number of hydrogen-bond donors (Lipinski definition) is 1. The van der Waals surface area contributed by atoms with E-state index >= 15 is 0 Å². The van der Waals surface area contributed by atoms with Crippen molar-refractivity contribution in [3.8, 4) is 0 Å². The van der Waals surface area contributed by atoms with Gasteiger partial charge in [0.05, 0.1) is 0 Å². The molecular formula is C16H21N3S. The summed E-state index contributed by atoms with van der Waals surface area (Å²) in [6.45, 7) is 9.53. The topological polar surface area (TPSA) is 37.8 Å². The molecule has 1 heterocycles. The minimum absolute atomic E-state index is 0.112. The summed E-state index contributed by atoms with van der Waals surface area (Å²) in [6.07, 6.45) is 3.36. The monoisotopic (exact) mass is 287 g/mol. The summed E-state index contributed by atoms with van der Waals surface area (Å²) in [5.41, 5.74) is 2.70. The first-order valence-electron chi connectivity index (χ1n) is 6.72. The third-order valence-corrected chi connectivity index (χ3v) is 3.86. The van der Waals surface area contributed by atoms with Gasteiger partial charge in [-0.15, -0.1) is 0 Å². The van der Waals surface area contributed by atoms with Crippen LogP contribution in [0.2, 0.25) is 0 Å². The van der Waals surface area contributed by atoms with Gasteiger partial charge in [0.1, 0.15) is 11.4 Å².